The first-order chi connectivity index (χ1) is 34.8. The van der Waals surface area contributed by atoms with E-state index in [4.69, 9.17) is 15.2 Å². The first-order valence-corrected chi connectivity index (χ1v) is 25.4. The number of H-pyrrole nitrogens is 1. The Bertz CT molecular complexity index is 2520. The summed E-state index contributed by atoms with van der Waals surface area (Å²) < 4.78 is 12.3. The number of hydrogen-bond acceptors (Lipinski definition) is 17. The predicted octanol–water partition coefficient (Wildman–Crippen LogP) is -3.60. The molecule has 0 aliphatic carbocycles. The number of ether oxygens (including phenoxy) is 2. The van der Waals surface area contributed by atoms with Crippen molar-refractivity contribution in [2.75, 3.05) is 38.5 Å². The Kier molecular flexibility index (Phi) is 18.2. The van der Waals surface area contributed by atoms with Crippen LogP contribution in [0.2, 0.25) is 0 Å². The first-order valence-electron chi connectivity index (χ1n) is 24.4. The average Bonchev–Trinajstić information content (AvgIpc) is 3.90. The summed E-state index contributed by atoms with van der Waals surface area (Å²) in [6.07, 6.45) is -5.87. The number of nitrogens with two attached hydrogens (primary N) is 1. The number of carbonyl (C=O) groups is 10. The first kappa shape index (κ1) is 56.7. The number of primary amides is 1. The van der Waals surface area contributed by atoms with Gasteiger partial charge < -0.3 is 78.0 Å². The molecule has 74 heavy (non-hydrogen) atoms. The molecular weight excluding hydrogens is 991 g/mol. The van der Waals surface area contributed by atoms with Gasteiger partial charge in [-0.3, -0.25) is 43.2 Å². The SMILES string of the molecule is CCC(C)[C@@H]1NC(=O)CNC(=O)C2Cc3c4[nH]c5cc(ccc35)OC(CCNC(=O)OC(C)(C)C)(C(=O)[C@H](CC(N)=O)NC(=O)C(CS4)NC(=O)CNC1=O)N1CC(O)CC1C(=O)N[C@@H]([C@@H](C)[C@@H](O)CO)C(=O)N2. The van der Waals surface area contributed by atoms with E-state index in [-0.39, 0.29) is 22.9 Å². The lowest BCUT2D eigenvalue weighted by Gasteiger charge is -2.44. The zero-order valence-corrected chi connectivity index (χ0v) is 42.8. The highest BCUT2D eigenvalue weighted by atomic mass is 32.2. The van der Waals surface area contributed by atoms with Crippen molar-refractivity contribution in [2.24, 2.45) is 17.6 Å². The van der Waals surface area contributed by atoms with Gasteiger partial charge in [0.25, 0.3) is 0 Å². The molecule has 0 radical (unpaired) electrons. The summed E-state index contributed by atoms with van der Waals surface area (Å²) in [5.41, 5.74) is 2.88. The summed E-state index contributed by atoms with van der Waals surface area (Å²) in [4.78, 5) is 146. The number of benzene rings is 1. The molecule has 27 heteroatoms. The Morgan fingerprint density at radius 1 is 0.919 bits per heavy atom. The smallest absolute Gasteiger partial charge is 0.407 e. The number of amides is 9. The second-order valence-electron chi connectivity index (χ2n) is 20.0. The van der Waals surface area contributed by atoms with Crippen LogP contribution in [0.5, 0.6) is 5.75 Å². The molecule has 14 N–H and O–H groups in total. The van der Waals surface area contributed by atoms with Gasteiger partial charge in [-0.25, -0.2) is 9.69 Å². The van der Waals surface area contributed by atoms with E-state index in [2.05, 4.69) is 47.5 Å². The minimum Gasteiger partial charge on any atom is -0.465 e. The van der Waals surface area contributed by atoms with Crippen molar-refractivity contribution >= 4 is 81.8 Å². The number of nitrogens with zero attached hydrogens (tertiary/aromatic N) is 1. The summed E-state index contributed by atoms with van der Waals surface area (Å²) in [6, 6.07) is -5.16. The van der Waals surface area contributed by atoms with E-state index in [0.717, 1.165) is 16.7 Å². The van der Waals surface area contributed by atoms with Gasteiger partial charge in [-0.05, 0) is 50.8 Å². The monoisotopic (exact) mass is 1060 g/mol. The number of Topliss-reactive ketones (excluding diaryl/α,β-unsaturated/α-hetero) is 1. The minimum absolute atomic E-state index is 0.0547. The molecule has 1 aromatic heterocycles. The normalized spacial score (nSPS) is 28.1. The lowest BCUT2D eigenvalue weighted by molar-refractivity contribution is -0.165. The van der Waals surface area contributed by atoms with Crippen molar-refractivity contribution in [2.45, 2.75) is 138 Å². The highest BCUT2D eigenvalue weighted by Gasteiger charge is 2.57. The number of ketones is 1. The summed E-state index contributed by atoms with van der Waals surface area (Å²) in [5, 5.41) is 53.8. The Balaban J connectivity index is 1.65. The zero-order chi connectivity index (χ0) is 54.4. The summed E-state index contributed by atoms with van der Waals surface area (Å²) in [5.74, 6) is -10.9. The minimum atomic E-state index is -2.56. The number of nitrogens with one attached hydrogen (secondary N) is 9. The number of fused-ring (bicyclic) bond motifs is 7. The topological polar surface area (TPSA) is 391 Å². The van der Waals surface area contributed by atoms with Crippen molar-refractivity contribution in [3.05, 3.63) is 23.8 Å². The lowest BCUT2D eigenvalue weighted by atomic mass is 9.91. The van der Waals surface area contributed by atoms with Gasteiger partial charge in [0.15, 0.2) is 0 Å². The zero-order valence-electron chi connectivity index (χ0n) is 42.0. The maximum Gasteiger partial charge on any atom is 0.407 e. The van der Waals surface area contributed by atoms with Gasteiger partial charge in [0, 0.05) is 49.1 Å². The van der Waals surface area contributed by atoms with E-state index in [0.29, 0.717) is 22.9 Å². The second kappa shape index (κ2) is 23.8. The second-order valence-corrected chi connectivity index (χ2v) is 21.0. The molecule has 1 fully saturated rings. The van der Waals surface area contributed by atoms with Crippen LogP contribution in [-0.4, -0.2) is 183 Å². The Morgan fingerprint density at radius 2 is 1.61 bits per heavy atom. The van der Waals surface area contributed by atoms with Crippen molar-refractivity contribution in [3.8, 4) is 5.75 Å². The van der Waals surface area contributed by atoms with Crippen LogP contribution in [0.25, 0.3) is 10.9 Å². The number of hydrogen-bond donors (Lipinski definition) is 13. The highest BCUT2D eigenvalue weighted by Crippen LogP contribution is 2.39. The van der Waals surface area contributed by atoms with Crippen molar-refractivity contribution < 1.29 is 72.7 Å². The summed E-state index contributed by atoms with van der Waals surface area (Å²) >= 11 is 0.975. The molecule has 406 valence electrons. The molecule has 6 heterocycles. The maximum atomic E-state index is 15.9. The number of aliphatic hydroxyl groups is 3. The molecule has 1 aromatic carbocycles. The van der Waals surface area contributed by atoms with Gasteiger partial charge >= 0.3 is 6.09 Å². The van der Waals surface area contributed by atoms with E-state index >= 15 is 4.79 Å². The van der Waals surface area contributed by atoms with Crippen LogP contribution in [-0.2, 0) is 54.3 Å². The van der Waals surface area contributed by atoms with Crippen molar-refractivity contribution in [1.29, 1.82) is 0 Å². The third-order valence-electron chi connectivity index (χ3n) is 13.4. The molecule has 11 atom stereocenters. The van der Waals surface area contributed by atoms with Crippen LogP contribution in [0.3, 0.4) is 0 Å². The number of aliphatic hydroxyl groups excluding tert-OH is 3. The van der Waals surface area contributed by atoms with Gasteiger partial charge in [0.05, 0.1) is 54.9 Å². The van der Waals surface area contributed by atoms with Crippen molar-refractivity contribution in [3.63, 3.8) is 0 Å². The average molecular weight is 1060 g/mol. The number of aromatic amines is 1. The Hall–Kier alpha value is -6.55. The van der Waals surface area contributed by atoms with Crippen LogP contribution < -0.4 is 53.0 Å². The van der Waals surface area contributed by atoms with Crippen LogP contribution in [0, 0.1) is 11.8 Å². The van der Waals surface area contributed by atoms with E-state index in [1.54, 1.807) is 40.7 Å². The standard InChI is InChI=1S/C47H67N11O15S/c1-7-21(2)36-42(69)51-16-34(63)52-30-20-74-44-26-14-29(39(66)50-17-35(64)56-36)54-43(70)37(22(3)32(61)19-59)57-41(68)31-12-23(60)18-58(31)47(10-11-49-45(71)73-46(4,5)6,38(65)28(15-33(48)62)53-40(30)67)72-24-8-9-25(26)27(13-24)55-44/h8-9,13,21-23,28-32,36-37,55,59-61H,7,10-12,14-20H2,1-6H3,(H2,48,62)(H,49,71)(H,50,66)(H,51,69)(H,52,63)(H,53,67)(H,54,70)(H,56,64)(H,57,68)/t21?,22-,23?,28-,29?,30?,31?,32-,36-,37-,47?/m0/s1. The largest absolute Gasteiger partial charge is 0.465 e. The Morgan fingerprint density at radius 3 is 2.27 bits per heavy atom. The number of thioether (sulfide) groups is 1. The lowest BCUT2D eigenvalue weighted by Crippen LogP contribution is -2.69. The quantitative estimate of drug-likeness (QED) is 0.109. The van der Waals surface area contributed by atoms with Gasteiger partial charge in [-0.1, -0.05) is 27.2 Å². The fraction of sp³-hybridized carbons (Fsp3) is 0.617. The highest BCUT2D eigenvalue weighted by molar-refractivity contribution is 7.99. The number of aromatic nitrogens is 1. The van der Waals surface area contributed by atoms with Gasteiger partial charge in [-0.2, -0.15) is 0 Å². The third kappa shape index (κ3) is 13.4. The third-order valence-corrected chi connectivity index (χ3v) is 14.5. The molecule has 26 nitrogen and oxygen atoms in total. The molecule has 8 bridgehead atoms. The molecule has 5 aliphatic rings. The van der Waals surface area contributed by atoms with Gasteiger partial charge in [-0.15, -0.1) is 11.8 Å². The van der Waals surface area contributed by atoms with Crippen LogP contribution in [0.15, 0.2) is 23.2 Å². The fourth-order valence-corrected chi connectivity index (χ4v) is 10.4. The molecule has 7 rings (SSSR count). The molecule has 0 saturated carbocycles. The van der Waals surface area contributed by atoms with Crippen molar-refractivity contribution in [1.82, 2.24) is 52.4 Å². The van der Waals surface area contributed by atoms with E-state index in [9.17, 15) is 58.5 Å². The number of carbonyl (C=O) groups excluding carboxylic acids is 10. The van der Waals surface area contributed by atoms with Crippen LogP contribution >= 0.6 is 11.8 Å². The Labute approximate surface area is 429 Å². The molecule has 9 amide bonds. The molecule has 1 saturated heterocycles. The molecule has 2 aromatic rings. The number of rotatable bonds is 10. The van der Waals surface area contributed by atoms with Crippen LogP contribution in [0.1, 0.15) is 72.8 Å². The van der Waals surface area contributed by atoms with Crippen LogP contribution in [0.4, 0.5) is 4.79 Å². The van der Waals surface area contributed by atoms with Gasteiger partial charge in [0.1, 0.15) is 41.6 Å². The van der Waals surface area contributed by atoms with E-state index in [1.807, 2.05) is 0 Å². The maximum absolute atomic E-state index is 15.9. The van der Waals surface area contributed by atoms with E-state index in [1.165, 1.54) is 19.1 Å². The van der Waals surface area contributed by atoms with Gasteiger partial charge in [0.2, 0.25) is 58.8 Å². The summed E-state index contributed by atoms with van der Waals surface area (Å²) in [6.45, 7) is 6.38. The fourth-order valence-electron chi connectivity index (χ4n) is 9.27. The molecule has 5 aliphatic heterocycles. The molecule has 0 spiro atoms. The summed E-state index contributed by atoms with van der Waals surface area (Å²) in [7, 11) is 0. The molecular formula is C47H67N11O15S. The van der Waals surface area contributed by atoms with E-state index < -0.39 is 183 Å². The number of alkyl carbamates (subject to hydrolysis) is 1. The molecule has 6 unspecified atom stereocenters. The predicted molar refractivity (Wildman–Crippen MR) is 262 cm³/mol.